The zero-order chi connectivity index (χ0) is 16.0. The first-order valence-electron chi connectivity index (χ1n) is 7.85. The minimum Gasteiger partial charge on any atom is -0.381 e. The van der Waals surface area contributed by atoms with Crippen LogP contribution in [0.1, 0.15) is 32.3 Å². The minimum absolute atomic E-state index is 0.0137. The number of nitrogens with one attached hydrogen (secondary N) is 1. The van der Waals surface area contributed by atoms with Gasteiger partial charge in [0, 0.05) is 25.4 Å². The van der Waals surface area contributed by atoms with E-state index in [1.807, 2.05) is 38.1 Å². The van der Waals surface area contributed by atoms with Gasteiger partial charge in [-0.1, -0.05) is 12.1 Å². The lowest BCUT2D eigenvalue weighted by atomic mass is 9.79. The van der Waals surface area contributed by atoms with Crippen molar-refractivity contribution in [2.75, 3.05) is 25.1 Å². The highest BCUT2D eigenvalue weighted by Crippen LogP contribution is 2.31. The molecule has 0 radical (unpaired) electrons. The molecule has 1 fully saturated rings. The topological polar surface area (TPSA) is 73.6 Å². The number of hydrogen-bond donors (Lipinski definition) is 2. The molecule has 1 heterocycles. The number of carbonyl (C=O) groups is 1. The summed E-state index contributed by atoms with van der Waals surface area (Å²) in [6.07, 6.45) is 1.53. The number of hydrogen-bond acceptors (Lipinski definition) is 4. The van der Waals surface area contributed by atoms with Gasteiger partial charge >= 0.3 is 0 Å². The molecule has 1 saturated heterocycles. The molecule has 1 aliphatic heterocycles. The molecule has 1 aliphatic rings. The Morgan fingerprint density at radius 1 is 1.41 bits per heavy atom. The zero-order valence-corrected chi connectivity index (χ0v) is 13.4. The van der Waals surface area contributed by atoms with E-state index in [0.717, 1.165) is 11.3 Å². The highest BCUT2D eigenvalue weighted by Gasteiger charge is 2.38. The molecule has 22 heavy (non-hydrogen) atoms. The van der Waals surface area contributed by atoms with Crippen LogP contribution in [0.5, 0.6) is 0 Å². The van der Waals surface area contributed by atoms with Crippen molar-refractivity contribution in [2.24, 2.45) is 11.1 Å². The summed E-state index contributed by atoms with van der Waals surface area (Å²) < 4.78 is 10.9. The van der Waals surface area contributed by atoms with Gasteiger partial charge in [-0.3, -0.25) is 4.79 Å². The molecule has 122 valence electrons. The minimum atomic E-state index is -0.511. The number of ether oxygens (including phenoxy) is 2. The Morgan fingerprint density at radius 3 is 2.77 bits per heavy atom. The summed E-state index contributed by atoms with van der Waals surface area (Å²) in [6, 6.07) is 7.75. The van der Waals surface area contributed by atoms with Crippen molar-refractivity contribution in [3.63, 3.8) is 0 Å². The summed E-state index contributed by atoms with van der Waals surface area (Å²) in [5.41, 5.74) is 7.18. The second-order valence-corrected chi connectivity index (χ2v) is 6.11. The maximum atomic E-state index is 12.6. The third-order valence-corrected chi connectivity index (χ3v) is 4.09. The number of nitrogens with two attached hydrogens (primary N) is 1. The van der Waals surface area contributed by atoms with E-state index in [4.69, 9.17) is 15.2 Å². The number of amides is 1. The smallest absolute Gasteiger partial charge is 0.232 e. The van der Waals surface area contributed by atoms with Gasteiger partial charge in [-0.15, -0.1) is 0 Å². The van der Waals surface area contributed by atoms with Gasteiger partial charge < -0.3 is 20.5 Å². The third-order valence-electron chi connectivity index (χ3n) is 4.09. The van der Waals surface area contributed by atoms with Crippen molar-refractivity contribution in [1.29, 1.82) is 0 Å². The second-order valence-electron chi connectivity index (χ2n) is 6.11. The summed E-state index contributed by atoms with van der Waals surface area (Å²) in [7, 11) is 0. The fraction of sp³-hybridized carbons (Fsp3) is 0.588. The van der Waals surface area contributed by atoms with Crippen LogP contribution >= 0.6 is 0 Å². The Bertz CT molecular complexity index is 496. The fourth-order valence-electron chi connectivity index (χ4n) is 2.55. The largest absolute Gasteiger partial charge is 0.381 e. The summed E-state index contributed by atoms with van der Waals surface area (Å²) in [5.74, 6) is -0.0137. The highest BCUT2D eigenvalue weighted by atomic mass is 16.5. The van der Waals surface area contributed by atoms with E-state index in [-0.39, 0.29) is 12.0 Å². The Hall–Kier alpha value is -1.43. The van der Waals surface area contributed by atoms with Crippen LogP contribution in [0, 0.1) is 5.41 Å². The number of carbonyl (C=O) groups excluding carboxylic acids is 1. The highest BCUT2D eigenvalue weighted by molar-refractivity contribution is 5.95. The number of benzene rings is 1. The van der Waals surface area contributed by atoms with Gasteiger partial charge in [-0.25, -0.2) is 0 Å². The SMILES string of the molecule is CC(C)OCc1cccc(NC(=O)C2(CN)CCOCC2)c1. The molecule has 0 saturated carbocycles. The predicted octanol–water partition coefficient (Wildman–Crippen LogP) is 2.31. The number of rotatable bonds is 6. The first-order valence-corrected chi connectivity index (χ1v) is 7.85. The lowest BCUT2D eigenvalue weighted by Crippen LogP contribution is -2.46. The van der Waals surface area contributed by atoms with Crippen LogP contribution in [-0.4, -0.2) is 31.8 Å². The van der Waals surface area contributed by atoms with Crippen molar-refractivity contribution < 1.29 is 14.3 Å². The molecule has 5 heteroatoms. The van der Waals surface area contributed by atoms with Crippen molar-refractivity contribution in [3.05, 3.63) is 29.8 Å². The van der Waals surface area contributed by atoms with Crippen LogP contribution in [0.15, 0.2) is 24.3 Å². The molecule has 0 unspecified atom stereocenters. The Balaban J connectivity index is 2.02. The van der Waals surface area contributed by atoms with Crippen molar-refractivity contribution >= 4 is 11.6 Å². The molecular formula is C17H26N2O3. The van der Waals surface area contributed by atoms with Crippen LogP contribution in [0.2, 0.25) is 0 Å². The molecule has 0 atom stereocenters. The molecule has 5 nitrogen and oxygen atoms in total. The first kappa shape index (κ1) is 16.9. The van der Waals surface area contributed by atoms with Gasteiger partial charge in [0.1, 0.15) is 0 Å². The van der Waals surface area contributed by atoms with E-state index in [2.05, 4.69) is 5.32 Å². The summed E-state index contributed by atoms with van der Waals surface area (Å²) >= 11 is 0. The first-order chi connectivity index (χ1) is 10.6. The van der Waals surface area contributed by atoms with E-state index >= 15 is 0 Å². The van der Waals surface area contributed by atoms with E-state index in [0.29, 0.717) is 39.2 Å². The monoisotopic (exact) mass is 306 g/mol. The van der Waals surface area contributed by atoms with Gasteiger partial charge in [0.15, 0.2) is 0 Å². The molecule has 0 aliphatic carbocycles. The summed E-state index contributed by atoms with van der Waals surface area (Å²) in [5, 5.41) is 3.00. The zero-order valence-electron chi connectivity index (χ0n) is 13.4. The molecule has 0 spiro atoms. The molecule has 0 aromatic heterocycles. The standard InChI is InChI=1S/C17H26N2O3/c1-13(2)22-11-14-4-3-5-15(10-14)19-16(20)17(12-18)6-8-21-9-7-17/h3-5,10,13H,6-9,11-12,18H2,1-2H3,(H,19,20). The molecule has 1 aromatic carbocycles. The summed E-state index contributed by atoms with van der Waals surface area (Å²) in [4.78, 5) is 12.6. The van der Waals surface area contributed by atoms with Crippen LogP contribution in [0.25, 0.3) is 0 Å². The second kappa shape index (κ2) is 7.72. The Labute approximate surface area is 132 Å². The van der Waals surface area contributed by atoms with Crippen LogP contribution < -0.4 is 11.1 Å². The van der Waals surface area contributed by atoms with Crippen molar-refractivity contribution in [3.8, 4) is 0 Å². The lowest BCUT2D eigenvalue weighted by Gasteiger charge is -2.34. The Morgan fingerprint density at radius 2 is 2.14 bits per heavy atom. The van der Waals surface area contributed by atoms with Gasteiger partial charge in [0.05, 0.1) is 18.1 Å². The van der Waals surface area contributed by atoms with E-state index in [9.17, 15) is 4.79 Å². The van der Waals surface area contributed by atoms with Crippen LogP contribution in [0.3, 0.4) is 0 Å². The van der Waals surface area contributed by atoms with Gasteiger partial charge in [0.25, 0.3) is 0 Å². The fourth-order valence-corrected chi connectivity index (χ4v) is 2.55. The van der Waals surface area contributed by atoms with Crippen LogP contribution in [-0.2, 0) is 20.9 Å². The van der Waals surface area contributed by atoms with Crippen LogP contribution in [0.4, 0.5) is 5.69 Å². The molecule has 2 rings (SSSR count). The average molecular weight is 306 g/mol. The number of anilines is 1. The summed E-state index contributed by atoms with van der Waals surface area (Å²) in [6.45, 7) is 6.07. The van der Waals surface area contributed by atoms with Gasteiger partial charge in [-0.05, 0) is 44.4 Å². The van der Waals surface area contributed by atoms with E-state index in [1.165, 1.54) is 0 Å². The molecule has 1 amide bonds. The van der Waals surface area contributed by atoms with Gasteiger partial charge in [-0.2, -0.15) is 0 Å². The normalized spacial score (nSPS) is 17.5. The van der Waals surface area contributed by atoms with E-state index < -0.39 is 5.41 Å². The van der Waals surface area contributed by atoms with Crippen molar-refractivity contribution in [2.45, 2.75) is 39.4 Å². The average Bonchev–Trinajstić information content (AvgIpc) is 2.54. The predicted molar refractivity (Wildman–Crippen MR) is 86.5 cm³/mol. The maximum absolute atomic E-state index is 12.6. The maximum Gasteiger partial charge on any atom is 0.232 e. The van der Waals surface area contributed by atoms with E-state index in [1.54, 1.807) is 0 Å². The molecule has 0 bridgehead atoms. The lowest BCUT2D eigenvalue weighted by molar-refractivity contribution is -0.130. The van der Waals surface area contributed by atoms with Crippen molar-refractivity contribution in [1.82, 2.24) is 0 Å². The van der Waals surface area contributed by atoms with Gasteiger partial charge in [0.2, 0.25) is 5.91 Å². The molecule has 3 N–H and O–H groups in total. The third kappa shape index (κ3) is 4.29. The molecule has 1 aromatic rings. The molecular weight excluding hydrogens is 280 g/mol. The Kier molecular flexibility index (Phi) is 5.94. The quantitative estimate of drug-likeness (QED) is 0.846.